The molecule has 1 saturated carbocycles. The third-order valence-electron chi connectivity index (χ3n) is 5.67. The smallest absolute Gasteiger partial charge is 0.260 e. The maximum atomic E-state index is 13.0. The van der Waals surface area contributed by atoms with Gasteiger partial charge >= 0.3 is 0 Å². The van der Waals surface area contributed by atoms with Crippen LogP contribution in [0.4, 0.5) is 0 Å². The van der Waals surface area contributed by atoms with Crippen molar-refractivity contribution in [2.24, 2.45) is 5.10 Å². The minimum Gasteiger partial charge on any atom is -0.349 e. The summed E-state index contributed by atoms with van der Waals surface area (Å²) in [6, 6.07) is 4.02. The first-order chi connectivity index (χ1) is 16.9. The molecule has 7 nitrogen and oxygen atoms in total. The zero-order valence-electron chi connectivity index (χ0n) is 21.1. The highest BCUT2D eigenvalue weighted by molar-refractivity contribution is 6.19. The summed E-state index contributed by atoms with van der Waals surface area (Å²) in [6.07, 6.45) is 17.4. The molecular weight excluding hydrogens is 438 g/mol. The molecule has 186 valence electrons. The molecule has 0 saturated heterocycles. The van der Waals surface area contributed by atoms with Gasteiger partial charge in [0.05, 0.1) is 0 Å². The van der Waals surface area contributed by atoms with Gasteiger partial charge in [0.15, 0.2) is 0 Å². The summed E-state index contributed by atoms with van der Waals surface area (Å²) >= 11 is 0. The summed E-state index contributed by atoms with van der Waals surface area (Å²) in [5, 5.41) is 11.5. The molecule has 1 aliphatic carbocycles. The lowest BCUT2D eigenvalue weighted by Crippen LogP contribution is -2.40. The van der Waals surface area contributed by atoms with Crippen LogP contribution in [0, 0.1) is 0 Å². The largest absolute Gasteiger partial charge is 0.349 e. The van der Waals surface area contributed by atoms with E-state index in [-0.39, 0.29) is 17.5 Å². The molecule has 0 radical (unpaired) electrons. The maximum absolute atomic E-state index is 13.0. The van der Waals surface area contributed by atoms with Crippen molar-refractivity contribution in [3.63, 3.8) is 0 Å². The van der Waals surface area contributed by atoms with Crippen LogP contribution in [0.3, 0.4) is 0 Å². The SMILES string of the molecule is C=C/C=C(/C=C(\C(=O)NC=C)C(=O)NC1CCCCC1)Cc1ccc(/C(C)=C/N(C)/N=C\C)cn1. The van der Waals surface area contributed by atoms with Gasteiger partial charge in [0.25, 0.3) is 11.8 Å². The standard InChI is InChI=1S/C28H37N5O2/c1-6-12-22(17-25-16-15-23(19-30-25)21(4)20-33(5)31-8-3)18-26(27(34)29-7-2)28(35)32-24-13-10-9-11-14-24/h6-8,12,15-16,18-20,24H,1-2,9-11,13-14,17H2,3-5H3,(H,29,34)(H,32,35)/b21-20+,22-12+,26-18+,31-8-. The van der Waals surface area contributed by atoms with E-state index in [1.54, 1.807) is 35.6 Å². The lowest BCUT2D eigenvalue weighted by molar-refractivity contribution is -0.123. The van der Waals surface area contributed by atoms with Gasteiger partial charge in [-0.3, -0.25) is 19.6 Å². The zero-order valence-corrected chi connectivity index (χ0v) is 21.1. The van der Waals surface area contributed by atoms with Crippen LogP contribution >= 0.6 is 0 Å². The normalized spacial score (nSPS) is 15.6. The van der Waals surface area contributed by atoms with Crippen LogP contribution in [0.1, 0.15) is 57.2 Å². The number of hydrogen-bond donors (Lipinski definition) is 2. The molecule has 1 aromatic rings. The van der Waals surface area contributed by atoms with E-state index < -0.39 is 5.91 Å². The van der Waals surface area contributed by atoms with E-state index in [4.69, 9.17) is 0 Å². The fourth-order valence-electron chi connectivity index (χ4n) is 3.95. The van der Waals surface area contributed by atoms with Gasteiger partial charge in [0.1, 0.15) is 5.57 Å². The topological polar surface area (TPSA) is 86.7 Å². The van der Waals surface area contributed by atoms with Gasteiger partial charge in [-0.25, -0.2) is 0 Å². The van der Waals surface area contributed by atoms with Crippen LogP contribution in [0.2, 0.25) is 0 Å². The van der Waals surface area contributed by atoms with Crippen LogP contribution in [-0.2, 0) is 16.0 Å². The first-order valence-corrected chi connectivity index (χ1v) is 12.0. The van der Waals surface area contributed by atoms with E-state index in [2.05, 4.69) is 33.9 Å². The highest BCUT2D eigenvalue weighted by atomic mass is 16.2. The predicted molar refractivity (Wildman–Crippen MR) is 143 cm³/mol. The van der Waals surface area contributed by atoms with Crippen molar-refractivity contribution in [1.82, 2.24) is 20.6 Å². The molecule has 0 bridgehead atoms. The van der Waals surface area contributed by atoms with Gasteiger partial charge < -0.3 is 10.6 Å². The van der Waals surface area contributed by atoms with Crippen molar-refractivity contribution >= 4 is 23.6 Å². The Morgan fingerprint density at radius 3 is 2.54 bits per heavy atom. The summed E-state index contributed by atoms with van der Waals surface area (Å²) in [7, 11) is 1.87. The second-order valence-electron chi connectivity index (χ2n) is 8.50. The highest BCUT2D eigenvalue weighted by Gasteiger charge is 2.22. The van der Waals surface area contributed by atoms with Gasteiger partial charge in [-0.05, 0) is 61.7 Å². The van der Waals surface area contributed by atoms with E-state index in [1.807, 2.05) is 39.2 Å². The first kappa shape index (κ1) is 27.5. The number of nitrogens with zero attached hydrogens (tertiary/aromatic N) is 3. The number of rotatable bonds is 11. The third-order valence-corrected chi connectivity index (χ3v) is 5.67. The number of carbonyl (C=O) groups excluding carboxylic acids is 2. The highest BCUT2D eigenvalue weighted by Crippen LogP contribution is 2.19. The number of carbonyl (C=O) groups is 2. The van der Waals surface area contributed by atoms with Crippen LogP contribution in [0.15, 0.2) is 78.4 Å². The molecule has 0 spiro atoms. The summed E-state index contributed by atoms with van der Waals surface area (Å²) in [6.45, 7) is 11.2. The van der Waals surface area contributed by atoms with E-state index in [0.717, 1.165) is 48.1 Å². The number of hydrogen-bond acceptors (Lipinski definition) is 5. The lowest BCUT2D eigenvalue weighted by Gasteiger charge is -2.23. The van der Waals surface area contributed by atoms with Gasteiger partial charge in [-0.1, -0.05) is 50.6 Å². The molecule has 7 heteroatoms. The molecule has 2 rings (SSSR count). The lowest BCUT2D eigenvalue weighted by atomic mass is 9.95. The number of hydrazone groups is 1. The van der Waals surface area contributed by atoms with Crippen molar-refractivity contribution in [1.29, 1.82) is 0 Å². The number of aromatic nitrogens is 1. The zero-order chi connectivity index (χ0) is 25.6. The van der Waals surface area contributed by atoms with E-state index in [0.29, 0.717) is 6.42 Å². The fraction of sp³-hybridized carbons (Fsp3) is 0.357. The van der Waals surface area contributed by atoms with Gasteiger partial charge in [0, 0.05) is 43.8 Å². The minimum absolute atomic E-state index is 0.0403. The van der Waals surface area contributed by atoms with E-state index in [9.17, 15) is 9.59 Å². The first-order valence-electron chi connectivity index (χ1n) is 12.0. The molecule has 1 fully saturated rings. The van der Waals surface area contributed by atoms with Gasteiger partial charge in [-0.15, -0.1) is 0 Å². The average molecular weight is 476 g/mol. The number of pyridine rings is 1. The van der Waals surface area contributed by atoms with Crippen molar-refractivity contribution in [2.75, 3.05) is 7.05 Å². The summed E-state index contributed by atoms with van der Waals surface area (Å²) in [4.78, 5) is 30.3. The average Bonchev–Trinajstić information content (AvgIpc) is 2.83. The van der Waals surface area contributed by atoms with Crippen molar-refractivity contribution in [3.8, 4) is 0 Å². The van der Waals surface area contributed by atoms with Crippen LogP contribution in [0.25, 0.3) is 5.57 Å². The van der Waals surface area contributed by atoms with Crippen molar-refractivity contribution in [3.05, 3.63) is 84.5 Å². The van der Waals surface area contributed by atoms with Crippen molar-refractivity contribution in [2.45, 2.75) is 58.4 Å². The van der Waals surface area contributed by atoms with Crippen LogP contribution in [-0.4, -0.2) is 41.1 Å². The second-order valence-corrected chi connectivity index (χ2v) is 8.50. The molecule has 2 amide bonds. The number of nitrogens with one attached hydrogen (secondary N) is 2. The fourth-order valence-corrected chi connectivity index (χ4v) is 3.95. The van der Waals surface area contributed by atoms with E-state index >= 15 is 0 Å². The maximum Gasteiger partial charge on any atom is 0.260 e. The van der Waals surface area contributed by atoms with Gasteiger partial charge in [0.2, 0.25) is 0 Å². The van der Waals surface area contributed by atoms with Crippen LogP contribution < -0.4 is 10.6 Å². The van der Waals surface area contributed by atoms with Crippen LogP contribution in [0.5, 0.6) is 0 Å². The molecule has 35 heavy (non-hydrogen) atoms. The molecule has 2 N–H and O–H groups in total. The summed E-state index contributed by atoms with van der Waals surface area (Å²) in [5.74, 6) is -0.875. The Morgan fingerprint density at radius 1 is 1.20 bits per heavy atom. The predicted octanol–water partition coefficient (Wildman–Crippen LogP) is 4.67. The summed E-state index contributed by atoms with van der Waals surface area (Å²) < 4.78 is 0. The minimum atomic E-state index is -0.494. The Bertz CT molecular complexity index is 1010. The Balaban J connectivity index is 2.24. The Labute approximate surface area is 209 Å². The molecule has 0 unspecified atom stereocenters. The molecule has 0 aliphatic heterocycles. The Morgan fingerprint density at radius 2 is 1.94 bits per heavy atom. The quantitative estimate of drug-likeness (QED) is 0.122. The third kappa shape index (κ3) is 9.20. The monoisotopic (exact) mass is 475 g/mol. The molecular formula is C28H37N5O2. The Hall–Kier alpha value is -3.74. The molecule has 0 aromatic carbocycles. The molecule has 1 aliphatic rings. The van der Waals surface area contributed by atoms with Crippen molar-refractivity contribution < 1.29 is 9.59 Å². The second kappa shape index (κ2) is 14.5. The molecule has 1 heterocycles. The van der Waals surface area contributed by atoms with Gasteiger partial charge in [-0.2, -0.15) is 5.10 Å². The van der Waals surface area contributed by atoms with E-state index in [1.165, 1.54) is 12.6 Å². The summed E-state index contributed by atoms with van der Waals surface area (Å²) in [5.41, 5.74) is 3.61. The molecule has 1 aromatic heterocycles. The number of allylic oxidation sites excluding steroid dienone is 5. The number of amides is 2. The molecule has 0 atom stereocenters. The Kier molecular flexibility index (Phi) is 11.4.